The quantitative estimate of drug-likeness (QED) is 0.606. The van der Waals surface area contributed by atoms with Gasteiger partial charge in [-0.25, -0.2) is 0 Å². The van der Waals surface area contributed by atoms with Crippen LogP contribution in [0.4, 0.5) is 11.4 Å². The lowest BCUT2D eigenvalue weighted by Crippen LogP contribution is -2.19. The molecule has 94 valence electrons. The van der Waals surface area contributed by atoms with Crippen LogP contribution in [0.25, 0.3) is 0 Å². The van der Waals surface area contributed by atoms with Gasteiger partial charge in [-0.3, -0.25) is 4.79 Å². The fraction of sp³-hybridized carbons (Fsp3) is 0.462. The van der Waals surface area contributed by atoms with Gasteiger partial charge in [-0.1, -0.05) is 0 Å². The molecule has 0 aliphatic heterocycles. The molecule has 0 fully saturated rings. The van der Waals surface area contributed by atoms with Crippen LogP contribution in [0.1, 0.15) is 19.8 Å². The van der Waals surface area contributed by atoms with Crippen molar-refractivity contribution in [3.63, 3.8) is 0 Å². The van der Waals surface area contributed by atoms with E-state index < -0.39 is 0 Å². The molecule has 17 heavy (non-hydrogen) atoms. The highest BCUT2D eigenvalue weighted by Crippen LogP contribution is 2.15. The Kier molecular flexibility index (Phi) is 5.33. The summed E-state index contributed by atoms with van der Waals surface area (Å²) < 4.78 is 4.87. The first-order chi connectivity index (χ1) is 8.13. The topological polar surface area (TPSA) is 55.6 Å². The van der Waals surface area contributed by atoms with Crippen molar-refractivity contribution in [1.29, 1.82) is 0 Å². The van der Waals surface area contributed by atoms with E-state index in [1.807, 2.05) is 38.2 Å². The normalized spacial score (nSPS) is 10.0. The first kappa shape index (κ1) is 13.4. The third kappa shape index (κ3) is 4.76. The Morgan fingerprint density at radius 2 is 2.00 bits per heavy atom. The number of carbonyl (C=O) groups excluding carboxylic acids is 1. The molecule has 0 radical (unpaired) electrons. The molecular weight excluding hydrogens is 216 g/mol. The lowest BCUT2D eigenvalue weighted by molar-refractivity contribution is -0.143. The summed E-state index contributed by atoms with van der Waals surface area (Å²) in [7, 11) is 2.00. The summed E-state index contributed by atoms with van der Waals surface area (Å²) >= 11 is 0. The number of rotatable bonds is 6. The predicted molar refractivity (Wildman–Crippen MR) is 70.0 cm³/mol. The number of esters is 1. The standard InChI is InChI=1S/C13H20N2O2/c1-3-17-13(16)5-4-10-15(2)12-8-6-11(14)7-9-12/h6-9H,3-5,10,14H2,1-2H3. The molecule has 4 nitrogen and oxygen atoms in total. The fourth-order valence-corrected chi connectivity index (χ4v) is 1.55. The molecule has 0 aliphatic carbocycles. The minimum Gasteiger partial charge on any atom is -0.466 e. The van der Waals surface area contributed by atoms with Crippen molar-refractivity contribution in [2.45, 2.75) is 19.8 Å². The summed E-state index contributed by atoms with van der Waals surface area (Å²) in [6, 6.07) is 7.69. The zero-order chi connectivity index (χ0) is 12.7. The number of ether oxygens (including phenoxy) is 1. The maximum Gasteiger partial charge on any atom is 0.305 e. The first-order valence-electron chi connectivity index (χ1n) is 5.85. The van der Waals surface area contributed by atoms with Gasteiger partial charge in [-0.05, 0) is 37.6 Å². The number of nitrogens with zero attached hydrogens (tertiary/aromatic N) is 1. The van der Waals surface area contributed by atoms with Gasteiger partial charge in [-0.2, -0.15) is 0 Å². The van der Waals surface area contributed by atoms with Crippen molar-refractivity contribution in [1.82, 2.24) is 0 Å². The Morgan fingerprint density at radius 1 is 1.35 bits per heavy atom. The molecule has 1 rings (SSSR count). The van der Waals surface area contributed by atoms with Gasteiger partial charge in [0.1, 0.15) is 0 Å². The highest BCUT2D eigenvalue weighted by Gasteiger charge is 2.04. The summed E-state index contributed by atoms with van der Waals surface area (Å²) in [4.78, 5) is 13.2. The van der Waals surface area contributed by atoms with Crippen LogP contribution in [0.5, 0.6) is 0 Å². The number of benzene rings is 1. The van der Waals surface area contributed by atoms with Crippen molar-refractivity contribution in [3.8, 4) is 0 Å². The van der Waals surface area contributed by atoms with Gasteiger partial charge in [-0.15, -0.1) is 0 Å². The highest BCUT2D eigenvalue weighted by molar-refractivity contribution is 5.69. The highest BCUT2D eigenvalue weighted by atomic mass is 16.5. The molecule has 0 amide bonds. The largest absolute Gasteiger partial charge is 0.466 e. The van der Waals surface area contributed by atoms with Crippen molar-refractivity contribution in [2.75, 3.05) is 30.8 Å². The lowest BCUT2D eigenvalue weighted by Gasteiger charge is -2.19. The molecule has 1 aromatic rings. The Balaban J connectivity index is 2.32. The summed E-state index contributed by atoms with van der Waals surface area (Å²) in [6.07, 6.45) is 1.26. The molecule has 4 heteroatoms. The number of nitrogens with two attached hydrogens (primary N) is 1. The number of anilines is 2. The smallest absolute Gasteiger partial charge is 0.305 e. The molecule has 0 aromatic heterocycles. The van der Waals surface area contributed by atoms with E-state index in [4.69, 9.17) is 10.5 Å². The van der Waals surface area contributed by atoms with E-state index in [1.165, 1.54) is 0 Å². The second kappa shape index (κ2) is 6.78. The molecule has 0 heterocycles. The molecule has 0 aliphatic rings. The van der Waals surface area contributed by atoms with Crippen LogP contribution in [0, 0.1) is 0 Å². The van der Waals surface area contributed by atoms with Crippen LogP contribution in [-0.2, 0) is 9.53 Å². The Labute approximate surface area is 102 Å². The van der Waals surface area contributed by atoms with Crippen LogP contribution in [0.15, 0.2) is 24.3 Å². The van der Waals surface area contributed by atoms with Crippen LogP contribution >= 0.6 is 0 Å². The first-order valence-corrected chi connectivity index (χ1v) is 5.85. The van der Waals surface area contributed by atoms with Crippen LogP contribution in [-0.4, -0.2) is 26.2 Å². The van der Waals surface area contributed by atoms with Gasteiger partial charge in [0.25, 0.3) is 0 Å². The molecule has 0 atom stereocenters. The van der Waals surface area contributed by atoms with Crippen molar-refractivity contribution in [2.24, 2.45) is 0 Å². The zero-order valence-corrected chi connectivity index (χ0v) is 10.5. The molecule has 0 saturated carbocycles. The second-order valence-electron chi connectivity index (χ2n) is 3.92. The van der Waals surface area contributed by atoms with Crippen molar-refractivity contribution in [3.05, 3.63) is 24.3 Å². The molecule has 1 aromatic carbocycles. The molecule has 0 bridgehead atoms. The van der Waals surface area contributed by atoms with Gasteiger partial charge < -0.3 is 15.4 Å². The van der Waals surface area contributed by atoms with Crippen LogP contribution < -0.4 is 10.6 Å². The average molecular weight is 236 g/mol. The van der Waals surface area contributed by atoms with Crippen LogP contribution in [0.2, 0.25) is 0 Å². The Bertz CT molecular complexity index is 349. The van der Waals surface area contributed by atoms with Crippen molar-refractivity contribution < 1.29 is 9.53 Å². The van der Waals surface area contributed by atoms with E-state index in [1.54, 1.807) is 0 Å². The van der Waals surface area contributed by atoms with Gasteiger partial charge in [0.05, 0.1) is 6.61 Å². The van der Waals surface area contributed by atoms with Gasteiger partial charge in [0, 0.05) is 31.4 Å². The SMILES string of the molecule is CCOC(=O)CCCN(C)c1ccc(N)cc1. The molecule has 0 saturated heterocycles. The molecule has 2 N–H and O–H groups in total. The second-order valence-corrected chi connectivity index (χ2v) is 3.92. The zero-order valence-electron chi connectivity index (χ0n) is 10.5. The van der Waals surface area contributed by atoms with E-state index in [2.05, 4.69) is 4.90 Å². The van der Waals surface area contributed by atoms with Gasteiger partial charge in [0.15, 0.2) is 0 Å². The van der Waals surface area contributed by atoms with E-state index in [0.717, 1.165) is 24.3 Å². The van der Waals surface area contributed by atoms with E-state index >= 15 is 0 Å². The van der Waals surface area contributed by atoms with Crippen molar-refractivity contribution >= 4 is 17.3 Å². The Hall–Kier alpha value is -1.71. The average Bonchev–Trinajstić information content (AvgIpc) is 2.30. The monoisotopic (exact) mass is 236 g/mol. The minimum absolute atomic E-state index is 0.127. The van der Waals surface area contributed by atoms with Gasteiger partial charge in [0.2, 0.25) is 0 Å². The number of hydrogen-bond donors (Lipinski definition) is 1. The molecule has 0 spiro atoms. The molecular formula is C13H20N2O2. The Morgan fingerprint density at radius 3 is 2.59 bits per heavy atom. The van der Waals surface area contributed by atoms with E-state index in [9.17, 15) is 4.79 Å². The maximum atomic E-state index is 11.1. The minimum atomic E-state index is -0.127. The van der Waals surface area contributed by atoms with E-state index in [-0.39, 0.29) is 5.97 Å². The lowest BCUT2D eigenvalue weighted by atomic mass is 10.2. The number of nitrogen functional groups attached to an aromatic ring is 1. The van der Waals surface area contributed by atoms with Crippen LogP contribution in [0.3, 0.4) is 0 Å². The van der Waals surface area contributed by atoms with E-state index in [0.29, 0.717) is 13.0 Å². The molecule has 0 unspecified atom stereocenters. The number of carbonyl (C=O) groups is 1. The summed E-state index contributed by atoms with van der Waals surface area (Å²) in [5.74, 6) is -0.127. The third-order valence-electron chi connectivity index (χ3n) is 2.51. The number of hydrogen-bond acceptors (Lipinski definition) is 4. The fourth-order valence-electron chi connectivity index (χ4n) is 1.55. The summed E-state index contributed by atoms with van der Waals surface area (Å²) in [6.45, 7) is 3.09. The predicted octanol–water partition coefficient (Wildman–Crippen LogP) is 2.05. The third-order valence-corrected chi connectivity index (χ3v) is 2.51. The van der Waals surface area contributed by atoms with Gasteiger partial charge >= 0.3 is 5.97 Å². The summed E-state index contributed by atoms with van der Waals surface area (Å²) in [5.41, 5.74) is 7.48. The summed E-state index contributed by atoms with van der Waals surface area (Å²) in [5, 5.41) is 0. The maximum absolute atomic E-state index is 11.1.